The minimum absolute atomic E-state index is 0.236. The molecule has 0 N–H and O–H groups in total. The lowest BCUT2D eigenvalue weighted by molar-refractivity contribution is 0.00616. The van der Waals surface area contributed by atoms with Gasteiger partial charge >= 0.3 is 11.9 Å². The van der Waals surface area contributed by atoms with Crippen LogP contribution in [0.4, 0.5) is 5.82 Å². The van der Waals surface area contributed by atoms with E-state index in [1.54, 1.807) is 12.1 Å². The molecule has 6 nitrogen and oxygen atoms in total. The van der Waals surface area contributed by atoms with Crippen LogP contribution in [0.15, 0.2) is 34.8 Å². The Bertz CT molecular complexity index is 922. The number of carbonyl (C=O) groups excluding carboxylic acids is 2. The van der Waals surface area contributed by atoms with Gasteiger partial charge in [-0.15, -0.1) is 0 Å². The van der Waals surface area contributed by atoms with Gasteiger partial charge in [-0.05, 0) is 72.4 Å². The summed E-state index contributed by atoms with van der Waals surface area (Å²) in [5, 5.41) is 0. The molecule has 2 heterocycles. The van der Waals surface area contributed by atoms with E-state index < -0.39 is 11.6 Å². The van der Waals surface area contributed by atoms with Gasteiger partial charge in [0.05, 0.1) is 17.1 Å². The molecule has 162 valence electrons. The number of rotatable bonds is 3. The predicted octanol–water partition coefficient (Wildman–Crippen LogP) is 5.17. The highest BCUT2D eigenvalue weighted by molar-refractivity contribution is 9.10. The molecule has 0 saturated heterocycles. The van der Waals surface area contributed by atoms with E-state index in [-0.39, 0.29) is 11.7 Å². The van der Waals surface area contributed by atoms with Crippen molar-refractivity contribution in [2.75, 3.05) is 18.6 Å². The third-order valence-corrected chi connectivity index (χ3v) is 5.07. The normalized spacial score (nSPS) is 13.0. The monoisotopic (exact) mass is 476 g/mol. The number of ether oxygens (including phenoxy) is 2. The summed E-state index contributed by atoms with van der Waals surface area (Å²) >= 11 is 3.39. The second kappa shape index (κ2) is 10.1. The van der Waals surface area contributed by atoms with Crippen molar-refractivity contribution in [3.05, 3.63) is 57.2 Å². The van der Waals surface area contributed by atoms with Gasteiger partial charge in [-0.3, -0.25) is 0 Å². The number of hydrogen-bond donors (Lipinski definition) is 0. The highest BCUT2D eigenvalue weighted by atomic mass is 79.9. The second-order valence-corrected chi connectivity index (χ2v) is 8.46. The van der Waals surface area contributed by atoms with Gasteiger partial charge in [0, 0.05) is 13.1 Å². The number of benzene rings is 1. The number of carbonyl (C=O) groups is 2. The zero-order valence-electron chi connectivity index (χ0n) is 18.4. The molecular formula is C23H29BrN2O4. The quantitative estimate of drug-likeness (QED) is 0.568. The first-order valence-electron chi connectivity index (χ1n) is 10.0. The average molecular weight is 477 g/mol. The van der Waals surface area contributed by atoms with Crippen molar-refractivity contribution in [2.24, 2.45) is 0 Å². The lowest BCUT2D eigenvalue weighted by Gasteiger charge is -2.31. The van der Waals surface area contributed by atoms with Crippen LogP contribution >= 0.6 is 15.9 Å². The number of hydrogen-bond acceptors (Lipinski definition) is 6. The number of anilines is 1. The van der Waals surface area contributed by atoms with E-state index in [1.807, 2.05) is 52.8 Å². The fraction of sp³-hybridized carbons (Fsp3) is 0.435. The van der Waals surface area contributed by atoms with Crippen molar-refractivity contribution in [1.29, 1.82) is 0 Å². The molecule has 1 aromatic carbocycles. The topological polar surface area (TPSA) is 68.7 Å². The Labute approximate surface area is 186 Å². The van der Waals surface area contributed by atoms with E-state index in [2.05, 4.69) is 25.8 Å². The summed E-state index contributed by atoms with van der Waals surface area (Å²) in [6.07, 6.45) is 0.777. The highest BCUT2D eigenvalue weighted by Crippen LogP contribution is 2.28. The summed E-state index contributed by atoms with van der Waals surface area (Å²) in [6, 6.07) is 9.32. The van der Waals surface area contributed by atoms with Crippen molar-refractivity contribution < 1.29 is 19.1 Å². The Hall–Kier alpha value is -2.41. The van der Waals surface area contributed by atoms with Crippen LogP contribution in [-0.4, -0.2) is 36.2 Å². The van der Waals surface area contributed by atoms with Gasteiger partial charge in [0.25, 0.3) is 0 Å². The first kappa shape index (κ1) is 23.9. The summed E-state index contributed by atoms with van der Waals surface area (Å²) in [5.41, 5.74) is 2.26. The van der Waals surface area contributed by atoms with Gasteiger partial charge in [-0.25, -0.2) is 14.6 Å². The molecule has 30 heavy (non-hydrogen) atoms. The maximum Gasteiger partial charge on any atom is 0.358 e. The minimum atomic E-state index is -0.603. The second-order valence-electron chi connectivity index (χ2n) is 7.61. The third kappa shape index (κ3) is 5.59. The Morgan fingerprint density at radius 3 is 2.43 bits per heavy atom. The van der Waals surface area contributed by atoms with Crippen LogP contribution in [0.5, 0.6) is 0 Å². The first-order valence-corrected chi connectivity index (χ1v) is 10.8. The zero-order valence-corrected chi connectivity index (χ0v) is 20.0. The van der Waals surface area contributed by atoms with Crippen molar-refractivity contribution in [3.63, 3.8) is 0 Å². The number of nitrogens with zero attached hydrogens (tertiary/aromatic N) is 2. The van der Waals surface area contributed by atoms with Crippen LogP contribution in [-0.2, 0) is 22.4 Å². The molecule has 0 spiro atoms. The summed E-state index contributed by atoms with van der Waals surface area (Å²) in [4.78, 5) is 31.2. The largest absolute Gasteiger partial charge is 0.465 e. The Balaban J connectivity index is 0.00000155. The molecule has 0 bridgehead atoms. The maximum absolute atomic E-state index is 12.5. The van der Waals surface area contributed by atoms with E-state index >= 15 is 0 Å². The smallest absolute Gasteiger partial charge is 0.358 e. The standard InChI is InChI=1S/C21H23BrN2O4.C2H6/c1-21(2,3)28-20(26)18-16(22)8-9-17(23-18)24-11-10-13-6-5-7-14(15(13)12-24)19(25)27-4;1-2/h5-9H,10-12H2,1-4H3;1-2H3. The number of pyridine rings is 1. The molecular weight excluding hydrogens is 448 g/mol. The molecule has 2 aromatic rings. The van der Waals surface area contributed by atoms with E-state index in [0.717, 1.165) is 24.1 Å². The van der Waals surface area contributed by atoms with Crippen molar-refractivity contribution >= 4 is 33.7 Å². The van der Waals surface area contributed by atoms with Crippen LogP contribution in [0.1, 0.15) is 66.6 Å². The zero-order chi connectivity index (χ0) is 22.5. The third-order valence-electron chi connectivity index (χ3n) is 4.43. The molecule has 1 aromatic heterocycles. The van der Waals surface area contributed by atoms with Crippen LogP contribution in [0.3, 0.4) is 0 Å². The van der Waals surface area contributed by atoms with Gasteiger partial charge in [0.15, 0.2) is 5.69 Å². The average Bonchev–Trinajstić information content (AvgIpc) is 2.73. The van der Waals surface area contributed by atoms with Gasteiger partial charge in [-0.2, -0.15) is 0 Å². The molecule has 0 amide bonds. The summed E-state index contributed by atoms with van der Waals surface area (Å²) < 4.78 is 11.0. The molecule has 1 aliphatic heterocycles. The molecule has 7 heteroatoms. The Kier molecular flexibility index (Phi) is 8.01. The fourth-order valence-corrected chi connectivity index (χ4v) is 3.54. The summed E-state index contributed by atoms with van der Waals surface area (Å²) in [5.74, 6) is -0.167. The van der Waals surface area contributed by atoms with Gasteiger partial charge in [0.2, 0.25) is 0 Å². The lowest BCUT2D eigenvalue weighted by atomic mass is 9.95. The van der Waals surface area contributed by atoms with Gasteiger partial charge in [0.1, 0.15) is 11.4 Å². The van der Waals surface area contributed by atoms with Gasteiger partial charge in [-0.1, -0.05) is 26.0 Å². The number of methoxy groups -OCH3 is 1. The molecule has 0 unspecified atom stereocenters. The molecule has 0 aliphatic carbocycles. The lowest BCUT2D eigenvalue weighted by Crippen LogP contribution is -2.33. The Morgan fingerprint density at radius 1 is 1.10 bits per heavy atom. The molecule has 3 rings (SSSR count). The highest BCUT2D eigenvalue weighted by Gasteiger charge is 2.26. The number of halogens is 1. The predicted molar refractivity (Wildman–Crippen MR) is 121 cm³/mol. The molecule has 0 fully saturated rings. The van der Waals surface area contributed by atoms with E-state index in [9.17, 15) is 9.59 Å². The maximum atomic E-state index is 12.5. The van der Waals surface area contributed by atoms with Gasteiger partial charge < -0.3 is 14.4 Å². The summed E-state index contributed by atoms with van der Waals surface area (Å²) in [7, 11) is 1.38. The number of aromatic nitrogens is 1. The van der Waals surface area contributed by atoms with Crippen molar-refractivity contribution in [1.82, 2.24) is 4.98 Å². The SMILES string of the molecule is CC.COC(=O)c1cccc2c1CN(c1ccc(Br)c(C(=O)OC(C)(C)C)n1)CC2. The van der Waals surface area contributed by atoms with Crippen molar-refractivity contribution in [3.8, 4) is 0 Å². The molecule has 1 aliphatic rings. The molecule has 0 atom stereocenters. The van der Waals surface area contributed by atoms with Crippen LogP contribution in [0.25, 0.3) is 0 Å². The molecule has 0 saturated carbocycles. The first-order chi connectivity index (χ1) is 14.2. The van der Waals surface area contributed by atoms with Crippen molar-refractivity contribution in [2.45, 2.75) is 53.2 Å². The molecule has 0 radical (unpaired) electrons. The Morgan fingerprint density at radius 2 is 1.80 bits per heavy atom. The van der Waals surface area contributed by atoms with E-state index in [1.165, 1.54) is 7.11 Å². The van der Waals surface area contributed by atoms with Crippen LogP contribution in [0, 0.1) is 0 Å². The van der Waals surface area contributed by atoms with Crippen LogP contribution in [0.2, 0.25) is 0 Å². The van der Waals surface area contributed by atoms with E-state index in [0.29, 0.717) is 22.4 Å². The fourth-order valence-electron chi connectivity index (χ4n) is 3.16. The van der Waals surface area contributed by atoms with Crippen LogP contribution < -0.4 is 4.90 Å². The minimum Gasteiger partial charge on any atom is -0.465 e. The summed E-state index contributed by atoms with van der Waals surface area (Å²) in [6.45, 7) is 10.7. The van der Waals surface area contributed by atoms with E-state index in [4.69, 9.17) is 9.47 Å². The number of fused-ring (bicyclic) bond motifs is 1. The number of esters is 2.